The van der Waals surface area contributed by atoms with Gasteiger partial charge in [0, 0.05) is 12.0 Å². The van der Waals surface area contributed by atoms with Gasteiger partial charge in [0.05, 0.1) is 17.8 Å². The van der Waals surface area contributed by atoms with E-state index in [1.807, 2.05) is 38.1 Å². The van der Waals surface area contributed by atoms with Gasteiger partial charge in [0.25, 0.3) is 0 Å². The standard InChI is InChI=1S/C29H31N7O/c1-5-25-31-26-17(4)14-23(27(37)16(2)3)30-29(26)36(25)24-13-11-19-15-18(10-12-21(19)24)20-8-6-7-9-22(20)28-32-34-35-33-28/h6-10,12,14-16,24,27,37H,5,11,13H2,1-4H3,(H,32,33,34,35)/t24-,27-/m0/s1. The first-order valence-electron chi connectivity index (χ1n) is 13.0. The number of aliphatic hydroxyl groups excluding tert-OH is 1. The van der Waals surface area contributed by atoms with Gasteiger partial charge in [-0.3, -0.25) is 0 Å². The highest BCUT2D eigenvalue weighted by Crippen LogP contribution is 2.41. The molecule has 1 aliphatic rings. The molecule has 0 fully saturated rings. The Labute approximate surface area is 215 Å². The smallest absolute Gasteiger partial charge is 0.180 e. The van der Waals surface area contributed by atoms with Crippen molar-refractivity contribution in [3.8, 4) is 22.5 Å². The quantitative estimate of drug-likeness (QED) is 0.329. The van der Waals surface area contributed by atoms with E-state index < -0.39 is 6.10 Å². The van der Waals surface area contributed by atoms with Gasteiger partial charge in [0.2, 0.25) is 0 Å². The Kier molecular flexibility index (Phi) is 5.83. The molecular weight excluding hydrogens is 462 g/mol. The Morgan fingerprint density at radius 1 is 1.08 bits per heavy atom. The number of benzene rings is 2. The molecule has 5 aromatic rings. The Bertz CT molecular complexity index is 1590. The van der Waals surface area contributed by atoms with Gasteiger partial charge < -0.3 is 9.67 Å². The number of imidazole rings is 1. The van der Waals surface area contributed by atoms with Gasteiger partial charge in [0.15, 0.2) is 11.5 Å². The zero-order valence-electron chi connectivity index (χ0n) is 21.6. The zero-order valence-corrected chi connectivity index (χ0v) is 21.6. The van der Waals surface area contributed by atoms with Crippen LogP contribution in [0, 0.1) is 12.8 Å². The fourth-order valence-corrected chi connectivity index (χ4v) is 5.60. The largest absolute Gasteiger partial charge is 0.387 e. The van der Waals surface area contributed by atoms with Crippen molar-refractivity contribution in [1.82, 2.24) is 35.2 Å². The van der Waals surface area contributed by atoms with Crippen molar-refractivity contribution in [2.75, 3.05) is 0 Å². The van der Waals surface area contributed by atoms with Gasteiger partial charge >= 0.3 is 0 Å². The first kappa shape index (κ1) is 23.5. The van der Waals surface area contributed by atoms with E-state index in [2.05, 4.69) is 63.3 Å². The molecular formula is C29H31N7O. The van der Waals surface area contributed by atoms with Crippen LogP contribution in [0.3, 0.4) is 0 Å². The lowest BCUT2D eigenvalue weighted by molar-refractivity contribution is 0.122. The molecule has 0 saturated heterocycles. The summed E-state index contributed by atoms with van der Waals surface area (Å²) in [6.07, 6.45) is 2.19. The maximum atomic E-state index is 10.8. The van der Waals surface area contributed by atoms with Gasteiger partial charge in [-0.1, -0.05) is 63.2 Å². The van der Waals surface area contributed by atoms with E-state index in [0.717, 1.165) is 64.2 Å². The number of aromatic amines is 1. The average Bonchev–Trinajstić information content (AvgIpc) is 3.66. The molecule has 2 N–H and O–H groups in total. The molecule has 37 heavy (non-hydrogen) atoms. The summed E-state index contributed by atoms with van der Waals surface area (Å²) in [4.78, 5) is 9.97. The third-order valence-electron chi connectivity index (χ3n) is 7.52. The Morgan fingerprint density at radius 3 is 2.62 bits per heavy atom. The molecule has 0 unspecified atom stereocenters. The number of fused-ring (bicyclic) bond motifs is 2. The molecule has 1 aliphatic carbocycles. The van der Waals surface area contributed by atoms with E-state index >= 15 is 0 Å². The molecule has 6 rings (SSSR count). The van der Waals surface area contributed by atoms with E-state index in [1.165, 1.54) is 11.1 Å². The van der Waals surface area contributed by atoms with Crippen molar-refractivity contribution < 1.29 is 5.11 Å². The van der Waals surface area contributed by atoms with E-state index in [9.17, 15) is 5.11 Å². The minimum atomic E-state index is -0.602. The van der Waals surface area contributed by atoms with Gasteiger partial charge in [-0.2, -0.15) is 0 Å². The number of aromatic nitrogens is 7. The number of hydrogen-bond donors (Lipinski definition) is 2. The second kappa shape index (κ2) is 9.19. The molecule has 0 aliphatic heterocycles. The molecule has 0 amide bonds. The van der Waals surface area contributed by atoms with Crippen LogP contribution in [0.25, 0.3) is 33.7 Å². The number of H-pyrrole nitrogens is 1. The van der Waals surface area contributed by atoms with Gasteiger partial charge in [-0.15, -0.1) is 5.10 Å². The second-order valence-corrected chi connectivity index (χ2v) is 10.2. The summed E-state index contributed by atoms with van der Waals surface area (Å²) in [6.45, 7) is 8.24. The number of hydrogen-bond acceptors (Lipinski definition) is 6. The van der Waals surface area contributed by atoms with Gasteiger partial charge in [-0.25, -0.2) is 15.1 Å². The Morgan fingerprint density at radius 2 is 1.89 bits per heavy atom. The molecule has 8 nitrogen and oxygen atoms in total. The monoisotopic (exact) mass is 493 g/mol. The SMILES string of the molecule is CCc1nc2c(C)cc([C@@H](O)C(C)C)nc2n1[C@H]1CCc2cc(-c3ccccc3-c3nnn[nH]3)ccc21. The van der Waals surface area contributed by atoms with Crippen LogP contribution >= 0.6 is 0 Å². The first-order chi connectivity index (χ1) is 18.0. The van der Waals surface area contributed by atoms with Crippen LogP contribution in [0.2, 0.25) is 0 Å². The molecule has 188 valence electrons. The summed E-state index contributed by atoms with van der Waals surface area (Å²) < 4.78 is 2.32. The summed E-state index contributed by atoms with van der Waals surface area (Å²) in [6, 6.07) is 17.1. The lowest BCUT2D eigenvalue weighted by atomic mass is 9.96. The van der Waals surface area contributed by atoms with Crippen molar-refractivity contribution in [2.24, 2.45) is 5.92 Å². The van der Waals surface area contributed by atoms with E-state index in [4.69, 9.17) is 9.97 Å². The minimum Gasteiger partial charge on any atom is -0.387 e. The van der Waals surface area contributed by atoms with Crippen molar-refractivity contribution >= 4 is 11.2 Å². The van der Waals surface area contributed by atoms with Crippen LogP contribution in [-0.4, -0.2) is 40.3 Å². The number of aliphatic hydroxyl groups is 1. The lowest BCUT2D eigenvalue weighted by Gasteiger charge is -2.19. The summed E-state index contributed by atoms with van der Waals surface area (Å²) in [5, 5.41) is 25.3. The zero-order chi connectivity index (χ0) is 25.7. The minimum absolute atomic E-state index is 0.0904. The third kappa shape index (κ3) is 3.92. The number of nitrogens with one attached hydrogen (secondary N) is 1. The van der Waals surface area contributed by atoms with E-state index in [0.29, 0.717) is 5.82 Å². The van der Waals surface area contributed by atoms with Crippen LogP contribution in [0.1, 0.15) is 67.5 Å². The molecule has 3 heterocycles. The number of pyridine rings is 1. The number of rotatable bonds is 6. The highest BCUT2D eigenvalue weighted by molar-refractivity contribution is 5.81. The highest BCUT2D eigenvalue weighted by Gasteiger charge is 2.29. The van der Waals surface area contributed by atoms with E-state index in [1.54, 1.807) is 0 Å². The van der Waals surface area contributed by atoms with Gasteiger partial charge in [-0.05, 0) is 70.0 Å². The maximum absolute atomic E-state index is 10.8. The fourth-order valence-electron chi connectivity index (χ4n) is 5.60. The predicted molar refractivity (Wildman–Crippen MR) is 143 cm³/mol. The van der Waals surface area contributed by atoms with Crippen molar-refractivity contribution in [2.45, 2.75) is 59.1 Å². The van der Waals surface area contributed by atoms with Crippen molar-refractivity contribution in [3.05, 3.63) is 76.7 Å². The molecule has 0 radical (unpaired) electrons. The van der Waals surface area contributed by atoms with Crippen molar-refractivity contribution in [3.63, 3.8) is 0 Å². The van der Waals surface area contributed by atoms with Crippen LogP contribution in [0.15, 0.2) is 48.5 Å². The highest BCUT2D eigenvalue weighted by atomic mass is 16.3. The molecule has 0 saturated carbocycles. The lowest BCUT2D eigenvalue weighted by Crippen LogP contribution is -2.13. The van der Waals surface area contributed by atoms with E-state index in [-0.39, 0.29) is 12.0 Å². The van der Waals surface area contributed by atoms with Crippen LogP contribution in [0.5, 0.6) is 0 Å². The third-order valence-corrected chi connectivity index (χ3v) is 7.52. The molecule has 0 bridgehead atoms. The Hall–Kier alpha value is -3.91. The molecule has 2 aromatic carbocycles. The molecule has 0 spiro atoms. The Balaban J connectivity index is 1.45. The van der Waals surface area contributed by atoms with Gasteiger partial charge in [0.1, 0.15) is 11.3 Å². The first-order valence-corrected chi connectivity index (χ1v) is 13.0. The number of nitrogens with zero attached hydrogens (tertiary/aromatic N) is 6. The summed E-state index contributed by atoms with van der Waals surface area (Å²) in [7, 11) is 0. The number of aryl methyl sites for hydroxylation is 3. The number of tetrazole rings is 1. The van der Waals surface area contributed by atoms with Crippen LogP contribution in [-0.2, 0) is 12.8 Å². The maximum Gasteiger partial charge on any atom is 0.180 e. The van der Waals surface area contributed by atoms with Crippen LogP contribution in [0.4, 0.5) is 0 Å². The van der Waals surface area contributed by atoms with Crippen LogP contribution < -0.4 is 0 Å². The molecule has 8 heteroatoms. The predicted octanol–water partition coefficient (Wildman–Crippen LogP) is 5.37. The average molecular weight is 494 g/mol. The second-order valence-electron chi connectivity index (χ2n) is 10.2. The molecule has 2 atom stereocenters. The summed E-state index contributed by atoms with van der Waals surface area (Å²) >= 11 is 0. The fraction of sp³-hybridized carbons (Fsp3) is 0.345. The summed E-state index contributed by atoms with van der Waals surface area (Å²) in [5.74, 6) is 1.78. The summed E-state index contributed by atoms with van der Waals surface area (Å²) in [5.41, 5.74) is 9.45. The van der Waals surface area contributed by atoms with Crippen molar-refractivity contribution in [1.29, 1.82) is 0 Å². The topological polar surface area (TPSA) is 105 Å². The molecule has 3 aromatic heterocycles. The normalized spacial score (nSPS) is 16.0.